The summed E-state index contributed by atoms with van der Waals surface area (Å²) in [7, 11) is -4.35. The maximum Gasteiger partial charge on any atom is 0.273 e. The second-order valence-electron chi connectivity index (χ2n) is 6.65. The molecular formula is C19H17F2N3O4S2. The van der Waals surface area contributed by atoms with Crippen molar-refractivity contribution in [2.24, 2.45) is 0 Å². The van der Waals surface area contributed by atoms with E-state index in [1.807, 2.05) is 0 Å². The Kier molecular flexibility index (Phi) is 5.43. The van der Waals surface area contributed by atoms with Gasteiger partial charge in [0, 0.05) is 31.1 Å². The Morgan fingerprint density at radius 3 is 2.37 bits per heavy atom. The van der Waals surface area contributed by atoms with Gasteiger partial charge in [0.15, 0.2) is 15.7 Å². The summed E-state index contributed by atoms with van der Waals surface area (Å²) in [5, 5.41) is 0.581. The highest BCUT2D eigenvalue weighted by Gasteiger charge is 2.35. The van der Waals surface area contributed by atoms with Crippen LogP contribution in [-0.4, -0.2) is 54.7 Å². The largest absolute Gasteiger partial charge is 0.462 e. The number of carbonyl (C=O) groups is 1. The van der Waals surface area contributed by atoms with Gasteiger partial charge in [-0.3, -0.25) is 4.79 Å². The van der Waals surface area contributed by atoms with Crippen LogP contribution in [0.1, 0.15) is 15.4 Å². The van der Waals surface area contributed by atoms with E-state index in [0.717, 1.165) is 27.4 Å². The molecule has 1 aliphatic heterocycles. The molecule has 0 atom stereocenters. The monoisotopic (exact) mass is 453 g/mol. The van der Waals surface area contributed by atoms with Crippen LogP contribution in [0, 0.1) is 18.6 Å². The number of piperazine rings is 1. The molecule has 7 nitrogen and oxygen atoms in total. The molecular weight excluding hydrogens is 436 g/mol. The van der Waals surface area contributed by atoms with Crippen molar-refractivity contribution in [2.75, 3.05) is 26.2 Å². The number of halogens is 2. The highest BCUT2D eigenvalue weighted by Crippen LogP contribution is 2.29. The molecule has 3 aromatic rings. The summed E-state index contributed by atoms with van der Waals surface area (Å²) in [6, 6.07) is 6.38. The lowest BCUT2D eigenvalue weighted by Crippen LogP contribution is -2.50. The molecule has 2 aromatic heterocycles. The molecule has 3 heterocycles. The van der Waals surface area contributed by atoms with Gasteiger partial charge in [-0.15, -0.1) is 11.3 Å². The number of sulfonamides is 1. The molecule has 4 rings (SSSR count). The topological polar surface area (TPSA) is 83.7 Å². The number of hydrogen-bond acceptors (Lipinski definition) is 6. The predicted octanol–water partition coefficient (Wildman–Crippen LogP) is 3.14. The SMILES string of the molecule is Cc1sc(-c2ccco2)nc1C(=O)N1CCN(S(=O)(=O)c2c(F)cccc2F)CC1. The summed E-state index contributed by atoms with van der Waals surface area (Å²) in [5.41, 5.74) is 0.280. The molecule has 30 heavy (non-hydrogen) atoms. The average Bonchev–Trinajstić information content (AvgIpc) is 3.37. The molecule has 0 radical (unpaired) electrons. The van der Waals surface area contributed by atoms with Crippen molar-refractivity contribution in [3.05, 3.63) is 58.8 Å². The normalized spacial score (nSPS) is 15.5. The van der Waals surface area contributed by atoms with Gasteiger partial charge in [-0.1, -0.05) is 6.07 Å². The third-order valence-electron chi connectivity index (χ3n) is 4.77. The van der Waals surface area contributed by atoms with Gasteiger partial charge in [0.05, 0.1) is 6.26 Å². The molecule has 158 valence electrons. The highest BCUT2D eigenvalue weighted by molar-refractivity contribution is 7.89. The fraction of sp³-hybridized carbons (Fsp3) is 0.263. The first-order chi connectivity index (χ1) is 14.3. The first-order valence-corrected chi connectivity index (χ1v) is 11.3. The Morgan fingerprint density at radius 1 is 1.10 bits per heavy atom. The summed E-state index contributed by atoms with van der Waals surface area (Å²) in [4.78, 5) is 18.5. The van der Waals surface area contributed by atoms with Crippen molar-refractivity contribution in [1.29, 1.82) is 0 Å². The summed E-state index contributed by atoms with van der Waals surface area (Å²) >= 11 is 1.33. The van der Waals surface area contributed by atoms with Gasteiger partial charge in [0.25, 0.3) is 5.91 Å². The first kappa shape index (κ1) is 20.6. The van der Waals surface area contributed by atoms with E-state index in [2.05, 4.69) is 4.98 Å². The number of amides is 1. The molecule has 1 amide bonds. The maximum atomic E-state index is 14.0. The molecule has 0 spiro atoms. The minimum Gasteiger partial charge on any atom is -0.462 e. The van der Waals surface area contributed by atoms with Crippen molar-refractivity contribution in [3.8, 4) is 10.8 Å². The van der Waals surface area contributed by atoms with Gasteiger partial charge < -0.3 is 9.32 Å². The van der Waals surface area contributed by atoms with Crippen molar-refractivity contribution in [3.63, 3.8) is 0 Å². The predicted molar refractivity (Wildman–Crippen MR) is 106 cm³/mol. The van der Waals surface area contributed by atoms with Crippen molar-refractivity contribution in [2.45, 2.75) is 11.8 Å². The fourth-order valence-corrected chi connectivity index (χ4v) is 5.64. The second-order valence-corrected chi connectivity index (χ2v) is 9.73. The number of aryl methyl sites for hydroxylation is 1. The maximum absolute atomic E-state index is 14.0. The van der Waals surface area contributed by atoms with E-state index >= 15 is 0 Å². The molecule has 1 fully saturated rings. The minimum atomic E-state index is -4.35. The van der Waals surface area contributed by atoms with Crippen LogP contribution in [-0.2, 0) is 10.0 Å². The quantitative estimate of drug-likeness (QED) is 0.606. The first-order valence-electron chi connectivity index (χ1n) is 9.04. The number of carbonyl (C=O) groups excluding carboxylic acids is 1. The number of hydrogen-bond donors (Lipinski definition) is 0. The van der Waals surface area contributed by atoms with E-state index in [0.29, 0.717) is 10.8 Å². The number of aromatic nitrogens is 1. The molecule has 1 aromatic carbocycles. The van der Waals surface area contributed by atoms with Crippen molar-refractivity contribution in [1.82, 2.24) is 14.2 Å². The molecule has 1 aliphatic rings. The number of thiazole rings is 1. The Morgan fingerprint density at radius 2 is 1.77 bits per heavy atom. The zero-order valence-electron chi connectivity index (χ0n) is 15.8. The van der Waals surface area contributed by atoms with Gasteiger partial charge in [-0.25, -0.2) is 22.2 Å². The fourth-order valence-electron chi connectivity index (χ4n) is 3.24. The highest BCUT2D eigenvalue weighted by atomic mass is 32.2. The van der Waals surface area contributed by atoms with E-state index in [4.69, 9.17) is 4.42 Å². The van der Waals surface area contributed by atoms with Crippen LogP contribution in [0.2, 0.25) is 0 Å². The van der Waals surface area contributed by atoms with Gasteiger partial charge in [-0.05, 0) is 31.2 Å². The zero-order chi connectivity index (χ0) is 21.5. The molecule has 0 aliphatic carbocycles. The number of benzene rings is 1. The third-order valence-corrected chi connectivity index (χ3v) is 7.71. The number of nitrogens with zero attached hydrogens (tertiary/aromatic N) is 3. The Balaban J connectivity index is 1.49. The summed E-state index contributed by atoms with van der Waals surface area (Å²) in [6.07, 6.45) is 1.52. The molecule has 1 saturated heterocycles. The van der Waals surface area contributed by atoms with Crippen LogP contribution in [0.15, 0.2) is 45.9 Å². The van der Waals surface area contributed by atoms with Crippen molar-refractivity contribution < 1.29 is 26.4 Å². The molecule has 0 bridgehead atoms. The van der Waals surface area contributed by atoms with Crippen LogP contribution < -0.4 is 0 Å². The number of furan rings is 1. The lowest BCUT2D eigenvalue weighted by Gasteiger charge is -2.33. The van der Waals surface area contributed by atoms with Crippen LogP contribution in [0.4, 0.5) is 8.78 Å². The van der Waals surface area contributed by atoms with E-state index in [1.54, 1.807) is 19.1 Å². The van der Waals surface area contributed by atoms with Crippen LogP contribution in [0.3, 0.4) is 0 Å². The summed E-state index contributed by atoms with van der Waals surface area (Å²) < 4.78 is 59.6. The standard InChI is InChI=1S/C19H17F2N3O4S2/c1-12-16(22-18(29-12)15-6-3-11-28-15)19(25)23-7-9-24(10-8-23)30(26,27)17-13(20)4-2-5-14(17)21/h2-6,11H,7-10H2,1H3. The Hall–Kier alpha value is -2.63. The van der Waals surface area contributed by atoms with E-state index in [9.17, 15) is 22.0 Å². The van der Waals surface area contributed by atoms with Crippen LogP contribution in [0.25, 0.3) is 10.8 Å². The minimum absolute atomic E-state index is 0.0733. The summed E-state index contributed by atoms with van der Waals surface area (Å²) in [6.45, 7) is 1.80. The second kappa shape index (κ2) is 7.89. The Bertz CT molecular complexity index is 1160. The molecule has 0 saturated carbocycles. The Labute approximate surface area is 175 Å². The van der Waals surface area contributed by atoms with Gasteiger partial charge >= 0.3 is 0 Å². The lowest BCUT2D eigenvalue weighted by molar-refractivity contribution is 0.0692. The average molecular weight is 453 g/mol. The van der Waals surface area contributed by atoms with E-state index in [1.165, 1.54) is 22.5 Å². The van der Waals surface area contributed by atoms with Crippen LogP contribution >= 0.6 is 11.3 Å². The van der Waals surface area contributed by atoms with Gasteiger partial charge in [0.2, 0.25) is 10.0 Å². The number of rotatable bonds is 4. The lowest BCUT2D eigenvalue weighted by atomic mass is 10.3. The zero-order valence-corrected chi connectivity index (χ0v) is 17.5. The summed E-state index contributed by atoms with van der Waals surface area (Å²) in [5.74, 6) is -2.05. The smallest absolute Gasteiger partial charge is 0.273 e. The molecule has 11 heteroatoms. The van der Waals surface area contributed by atoms with Crippen LogP contribution in [0.5, 0.6) is 0 Å². The van der Waals surface area contributed by atoms with Gasteiger partial charge in [-0.2, -0.15) is 4.31 Å². The van der Waals surface area contributed by atoms with E-state index in [-0.39, 0.29) is 37.8 Å². The third kappa shape index (κ3) is 3.64. The molecule has 0 N–H and O–H groups in total. The molecule has 0 unspecified atom stereocenters. The van der Waals surface area contributed by atoms with Gasteiger partial charge in [0.1, 0.15) is 17.3 Å². The van der Waals surface area contributed by atoms with Crippen molar-refractivity contribution >= 4 is 27.3 Å². The van der Waals surface area contributed by atoms with E-state index < -0.39 is 26.6 Å².